The van der Waals surface area contributed by atoms with Crippen LogP contribution in [-0.4, -0.2) is 31.3 Å². The van der Waals surface area contributed by atoms with Gasteiger partial charge in [0.05, 0.1) is 12.8 Å². The number of para-hydroxylation sites is 2. The van der Waals surface area contributed by atoms with Crippen LogP contribution in [0.2, 0.25) is 0 Å². The van der Waals surface area contributed by atoms with Crippen molar-refractivity contribution in [3.63, 3.8) is 0 Å². The Hall–Kier alpha value is -2.05. The molecule has 6 heteroatoms. The van der Waals surface area contributed by atoms with Crippen LogP contribution in [0, 0.1) is 5.82 Å². The number of rotatable bonds is 5. The third-order valence-electron chi connectivity index (χ3n) is 3.28. The smallest absolute Gasteiger partial charge is 0.488 e. The minimum absolute atomic E-state index is 0.135. The van der Waals surface area contributed by atoms with Crippen molar-refractivity contribution < 1.29 is 19.2 Å². The highest BCUT2D eigenvalue weighted by molar-refractivity contribution is 6.58. The van der Waals surface area contributed by atoms with E-state index in [1.54, 1.807) is 13.2 Å². The van der Waals surface area contributed by atoms with E-state index in [2.05, 4.69) is 0 Å². The summed E-state index contributed by atoms with van der Waals surface area (Å²) in [6, 6.07) is 11.7. The highest BCUT2D eigenvalue weighted by atomic mass is 19.1. The largest absolute Gasteiger partial charge is 0.495 e. The second-order valence-electron chi connectivity index (χ2n) is 4.75. The van der Waals surface area contributed by atoms with Crippen molar-refractivity contribution in [1.82, 2.24) is 0 Å². The minimum atomic E-state index is -1.67. The molecule has 0 radical (unpaired) electrons. The lowest BCUT2D eigenvalue weighted by Crippen LogP contribution is -2.30. The summed E-state index contributed by atoms with van der Waals surface area (Å²) in [7, 11) is 1.76. The van der Waals surface area contributed by atoms with Crippen LogP contribution >= 0.6 is 0 Å². The monoisotopic (exact) mass is 289 g/mol. The topological polar surface area (TPSA) is 52.9 Å². The third-order valence-corrected chi connectivity index (χ3v) is 3.28. The van der Waals surface area contributed by atoms with Crippen LogP contribution in [0.3, 0.4) is 0 Å². The van der Waals surface area contributed by atoms with E-state index in [0.29, 0.717) is 17.9 Å². The van der Waals surface area contributed by atoms with Crippen LogP contribution in [0.5, 0.6) is 5.75 Å². The second kappa shape index (κ2) is 6.60. The van der Waals surface area contributed by atoms with E-state index >= 15 is 0 Å². The summed E-state index contributed by atoms with van der Waals surface area (Å²) in [5, 5.41) is 18.1. The maximum absolute atomic E-state index is 14.0. The molecule has 0 aromatic heterocycles. The van der Waals surface area contributed by atoms with E-state index in [0.717, 1.165) is 11.8 Å². The molecule has 0 aliphatic carbocycles. The SMILES string of the molecule is COc1ccccc1N(C)Cc1ccc(B(O)O)cc1F. The van der Waals surface area contributed by atoms with Gasteiger partial charge in [-0.1, -0.05) is 24.3 Å². The van der Waals surface area contributed by atoms with Crippen LogP contribution < -0.4 is 15.1 Å². The number of benzene rings is 2. The summed E-state index contributed by atoms with van der Waals surface area (Å²) in [6.45, 7) is 0.341. The lowest BCUT2D eigenvalue weighted by molar-refractivity contribution is 0.414. The summed E-state index contributed by atoms with van der Waals surface area (Å²) < 4.78 is 19.3. The van der Waals surface area contributed by atoms with Crippen LogP contribution in [0.4, 0.5) is 10.1 Å². The molecular weight excluding hydrogens is 272 g/mol. The van der Waals surface area contributed by atoms with Crippen LogP contribution in [-0.2, 0) is 6.54 Å². The maximum atomic E-state index is 14.0. The van der Waals surface area contributed by atoms with Gasteiger partial charge in [0.25, 0.3) is 0 Å². The van der Waals surface area contributed by atoms with Gasteiger partial charge in [0.1, 0.15) is 11.6 Å². The summed E-state index contributed by atoms with van der Waals surface area (Å²) in [6.07, 6.45) is 0. The van der Waals surface area contributed by atoms with E-state index in [-0.39, 0.29) is 5.46 Å². The predicted molar refractivity (Wildman–Crippen MR) is 81.3 cm³/mol. The molecule has 0 atom stereocenters. The maximum Gasteiger partial charge on any atom is 0.488 e. The summed E-state index contributed by atoms with van der Waals surface area (Å²) in [5.41, 5.74) is 1.45. The Kier molecular flexibility index (Phi) is 4.83. The highest BCUT2D eigenvalue weighted by Gasteiger charge is 2.15. The zero-order chi connectivity index (χ0) is 15.4. The lowest BCUT2D eigenvalue weighted by atomic mass is 9.80. The van der Waals surface area contributed by atoms with Gasteiger partial charge in [-0.25, -0.2) is 4.39 Å². The molecule has 0 fully saturated rings. The lowest BCUT2D eigenvalue weighted by Gasteiger charge is -2.22. The fraction of sp³-hybridized carbons (Fsp3) is 0.200. The van der Waals surface area contributed by atoms with Crippen LogP contribution in [0.25, 0.3) is 0 Å². The van der Waals surface area contributed by atoms with Crippen molar-refractivity contribution >= 4 is 18.3 Å². The molecule has 0 bridgehead atoms. The second-order valence-corrected chi connectivity index (χ2v) is 4.75. The molecule has 21 heavy (non-hydrogen) atoms. The number of methoxy groups -OCH3 is 1. The molecule has 2 rings (SSSR count). The Morgan fingerprint density at radius 3 is 2.52 bits per heavy atom. The number of halogens is 1. The molecule has 0 saturated heterocycles. The summed E-state index contributed by atoms with van der Waals surface area (Å²) in [5.74, 6) is 0.241. The Morgan fingerprint density at radius 1 is 1.19 bits per heavy atom. The van der Waals surface area contributed by atoms with Gasteiger partial charge in [0, 0.05) is 19.2 Å². The van der Waals surface area contributed by atoms with Crippen molar-refractivity contribution in [2.75, 3.05) is 19.1 Å². The van der Waals surface area contributed by atoms with Gasteiger partial charge in [-0.2, -0.15) is 0 Å². The standard InChI is InChI=1S/C15H17BFNO3/c1-18(14-5-3-4-6-15(14)21-2)10-11-7-8-12(16(19)20)9-13(11)17/h3-9,19-20H,10H2,1-2H3. The number of anilines is 1. The first-order chi connectivity index (χ1) is 10.0. The van der Waals surface area contributed by atoms with Gasteiger partial charge in [-0.05, 0) is 23.7 Å². The molecule has 0 heterocycles. The Balaban J connectivity index is 2.21. The summed E-state index contributed by atoms with van der Waals surface area (Å²) >= 11 is 0. The zero-order valence-electron chi connectivity index (χ0n) is 12.0. The first-order valence-electron chi connectivity index (χ1n) is 6.51. The van der Waals surface area contributed by atoms with E-state index in [1.165, 1.54) is 6.07 Å². The third kappa shape index (κ3) is 3.54. The van der Waals surface area contributed by atoms with E-state index in [1.807, 2.05) is 36.2 Å². The van der Waals surface area contributed by atoms with Crippen molar-refractivity contribution in [1.29, 1.82) is 0 Å². The van der Waals surface area contributed by atoms with Crippen molar-refractivity contribution in [2.45, 2.75) is 6.54 Å². The average Bonchev–Trinajstić information content (AvgIpc) is 2.48. The molecule has 2 N–H and O–H groups in total. The Labute approximate surface area is 123 Å². The molecule has 0 amide bonds. The predicted octanol–water partition coefficient (Wildman–Crippen LogP) is 1.15. The number of ether oxygens (including phenoxy) is 1. The zero-order valence-corrected chi connectivity index (χ0v) is 12.0. The quantitative estimate of drug-likeness (QED) is 0.811. The number of hydrogen-bond donors (Lipinski definition) is 2. The Morgan fingerprint density at radius 2 is 1.90 bits per heavy atom. The van der Waals surface area contributed by atoms with Gasteiger partial charge in [-0.15, -0.1) is 0 Å². The van der Waals surface area contributed by atoms with Crippen LogP contribution in [0.1, 0.15) is 5.56 Å². The van der Waals surface area contributed by atoms with Gasteiger partial charge in [-0.3, -0.25) is 0 Å². The molecule has 2 aromatic rings. The molecule has 0 unspecified atom stereocenters. The van der Waals surface area contributed by atoms with Gasteiger partial charge in [0.2, 0.25) is 0 Å². The highest BCUT2D eigenvalue weighted by Crippen LogP contribution is 2.27. The van der Waals surface area contributed by atoms with Crippen LogP contribution in [0.15, 0.2) is 42.5 Å². The van der Waals surface area contributed by atoms with E-state index < -0.39 is 12.9 Å². The van der Waals surface area contributed by atoms with Gasteiger partial charge < -0.3 is 19.7 Å². The molecule has 0 aliphatic rings. The van der Waals surface area contributed by atoms with Crippen molar-refractivity contribution in [2.24, 2.45) is 0 Å². The van der Waals surface area contributed by atoms with Crippen molar-refractivity contribution in [3.8, 4) is 5.75 Å². The van der Waals surface area contributed by atoms with E-state index in [4.69, 9.17) is 14.8 Å². The normalized spacial score (nSPS) is 10.3. The van der Waals surface area contributed by atoms with Gasteiger partial charge in [0.15, 0.2) is 0 Å². The van der Waals surface area contributed by atoms with Crippen molar-refractivity contribution in [3.05, 3.63) is 53.8 Å². The molecular formula is C15H17BFNO3. The molecule has 0 saturated carbocycles. The fourth-order valence-corrected chi connectivity index (χ4v) is 2.14. The Bertz CT molecular complexity index is 622. The molecule has 2 aromatic carbocycles. The first kappa shape index (κ1) is 15.3. The number of nitrogens with zero attached hydrogens (tertiary/aromatic N) is 1. The average molecular weight is 289 g/mol. The molecule has 110 valence electrons. The summed E-state index contributed by atoms with van der Waals surface area (Å²) in [4.78, 5) is 1.87. The minimum Gasteiger partial charge on any atom is -0.495 e. The molecule has 0 aliphatic heterocycles. The fourth-order valence-electron chi connectivity index (χ4n) is 2.14. The number of hydrogen-bond acceptors (Lipinski definition) is 4. The molecule has 4 nitrogen and oxygen atoms in total. The van der Waals surface area contributed by atoms with E-state index in [9.17, 15) is 4.39 Å². The first-order valence-corrected chi connectivity index (χ1v) is 6.51. The molecule has 0 spiro atoms. The van der Waals surface area contributed by atoms with Gasteiger partial charge >= 0.3 is 7.12 Å².